The van der Waals surface area contributed by atoms with E-state index in [0.717, 1.165) is 30.1 Å². The van der Waals surface area contributed by atoms with Gasteiger partial charge in [0.2, 0.25) is 0 Å². The summed E-state index contributed by atoms with van der Waals surface area (Å²) in [6, 6.07) is 8.90. The molecule has 1 heterocycles. The first-order chi connectivity index (χ1) is 12.3. The molecular weight excluding hydrogens is 304 g/mol. The maximum absolute atomic E-state index is 4.87. The third kappa shape index (κ3) is 4.90. The van der Waals surface area contributed by atoms with Gasteiger partial charge >= 0.3 is 0 Å². The predicted octanol–water partition coefficient (Wildman–Crippen LogP) is 6.17. The minimum Gasteiger partial charge on any atom is -0.236 e. The quantitative estimate of drug-likeness (QED) is 0.539. The molecule has 0 amide bonds. The average molecular weight is 337 g/mol. The third-order valence-electron chi connectivity index (χ3n) is 5.61. The third-order valence-corrected chi connectivity index (χ3v) is 5.61. The molecule has 1 aliphatic rings. The fraction of sp³-hybridized carbons (Fsp3) is 0.565. The fourth-order valence-electron chi connectivity index (χ4n) is 3.82. The Bertz CT molecular complexity index is 660. The van der Waals surface area contributed by atoms with Crippen LogP contribution in [0.1, 0.15) is 75.6 Å². The number of hydrogen-bond donors (Lipinski definition) is 0. The molecule has 1 aliphatic carbocycles. The van der Waals surface area contributed by atoms with Gasteiger partial charge in [0.1, 0.15) is 0 Å². The molecule has 3 rings (SSSR count). The molecule has 1 atom stereocenters. The number of aryl methyl sites for hydroxylation is 2. The highest BCUT2D eigenvalue weighted by Gasteiger charge is 2.19. The highest BCUT2D eigenvalue weighted by atomic mass is 14.9. The lowest BCUT2D eigenvalue weighted by molar-refractivity contribution is 0.439. The summed E-state index contributed by atoms with van der Waals surface area (Å²) in [5.41, 5.74) is 5.22. The Labute approximate surface area is 153 Å². The van der Waals surface area contributed by atoms with Crippen LogP contribution in [0.15, 0.2) is 30.5 Å². The Morgan fingerprint density at radius 2 is 1.80 bits per heavy atom. The van der Waals surface area contributed by atoms with Crippen LogP contribution in [0.3, 0.4) is 0 Å². The van der Waals surface area contributed by atoms with Crippen molar-refractivity contribution >= 4 is 0 Å². The molecule has 2 aromatic rings. The van der Waals surface area contributed by atoms with Crippen molar-refractivity contribution in [3.63, 3.8) is 0 Å². The maximum atomic E-state index is 4.87. The minimum atomic E-state index is 0.818. The van der Waals surface area contributed by atoms with Crippen LogP contribution in [0.5, 0.6) is 0 Å². The number of aromatic nitrogens is 2. The van der Waals surface area contributed by atoms with Crippen LogP contribution < -0.4 is 0 Å². The molecule has 0 spiro atoms. The van der Waals surface area contributed by atoms with E-state index in [1.165, 1.54) is 68.2 Å². The molecule has 0 fully saturated rings. The zero-order valence-electron chi connectivity index (χ0n) is 15.9. The van der Waals surface area contributed by atoms with Gasteiger partial charge in [-0.15, -0.1) is 0 Å². The number of hydrogen-bond acceptors (Lipinski definition) is 2. The lowest BCUT2D eigenvalue weighted by Crippen LogP contribution is -2.15. The molecule has 1 aromatic carbocycles. The summed E-state index contributed by atoms with van der Waals surface area (Å²) in [5, 5.41) is 0. The Hall–Kier alpha value is -1.70. The Balaban J connectivity index is 1.61. The molecule has 0 radical (unpaired) electrons. The molecule has 1 aromatic heterocycles. The van der Waals surface area contributed by atoms with Crippen molar-refractivity contribution in [2.45, 2.75) is 78.1 Å². The molecule has 0 N–H and O–H groups in total. The maximum Gasteiger partial charge on any atom is 0.159 e. The van der Waals surface area contributed by atoms with Gasteiger partial charge in [0, 0.05) is 17.5 Å². The van der Waals surface area contributed by atoms with E-state index in [1.807, 2.05) is 0 Å². The first-order valence-corrected chi connectivity index (χ1v) is 10.2. The van der Waals surface area contributed by atoms with Crippen LogP contribution in [0, 0.1) is 5.92 Å². The summed E-state index contributed by atoms with van der Waals surface area (Å²) in [6.45, 7) is 4.56. The molecular formula is C23H32N2. The second-order valence-electron chi connectivity index (χ2n) is 7.54. The van der Waals surface area contributed by atoms with Gasteiger partial charge in [0.05, 0.1) is 0 Å². The van der Waals surface area contributed by atoms with Crippen LogP contribution in [-0.2, 0) is 19.3 Å². The van der Waals surface area contributed by atoms with Crippen molar-refractivity contribution in [2.75, 3.05) is 0 Å². The Kier molecular flexibility index (Phi) is 6.61. The molecule has 0 bridgehead atoms. The number of rotatable bonds is 8. The van der Waals surface area contributed by atoms with Crippen LogP contribution in [-0.4, -0.2) is 9.97 Å². The van der Waals surface area contributed by atoms with E-state index in [4.69, 9.17) is 4.98 Å². The number of nitrogens with zero attached hydrogens (tertiary/aromatic N) is 2. The monoisotopic (exact) mass is 336 g/mol. The predicted molar refractivity (Wildman–Crippen MR) is 106 cm³/mol. The van der Waals surface area contributed by atoms with E-state index < -0.39 is 0 Å². The highest BCUT2D eigenvalue weighted by molar-refractivity contribution is 5.55. The van der Waals surface area contributed by atoms with Crippen LogP contribution in [0.4, 0.5) is 0 Å². The normalized spacial score (nSPS) is 16.6. The second-order valence-corrected chi connectivity index (χ2v) is 7.54. The smallest absolute Gasteiger partial charge is 0.159 e. The molecule has 0 aliphatic heterocycles. The summed E-state index contributed by atoms with van der Waals surface area (Å²) in [5.74, 6) is 1.71. The number of unbranched alkanes of at least 4 members (excludes halogenated alkanes) is 4. The lowest BCUT2D eigenvalue weighted by Gasteiger charge is -2.22. The van der Waals surface area contributed by atoms with E-state index >= 15 is 0 Å². The SMILES string of the molecule is CCCCCCCc1ccc(-c2ncc3c(n2)CCC(CC)C3)cc1. The zero-order chi connectivity index (χ0) is 17.5. The van der Waals surface area contributed by atoms with E-state index in [1.54, 1.807) is 0 Å². The fourth-order valence-corrected chi connectivity index (χ4v) is 3.82. The largest absolute Gasteiger partial charge is 0.236 e. The van der Waals surface area contributed by atoms with Crippen molar-refractivity contribution < 1.29 is 0 Å². The first kappa shape index (κ1) is 18.1. The molecule has 1 unspecified atom stereocenters. The highest BCUT2D eigenvalue weighted by Crippen LogP contribution is 2.27. The van der Waals surface area contributed by atoms with Crippen LogP contribution in [0.2, 0.25) is 0 Å². The van der Waals surface area contributed by atoms with Gasteiger partial charge in [0.15, 0.2) is 5.82 Å². The molecule has 2 heteroatoms. The molecule has 2 nitrogen and oxygen atoms in total. The topological polar surface area (TPSA) is 25.8 Å². The Morgan fingerprint density at radius 3 is 2.56 bits per heavy atom. The number of benzene rings is 1. The van der Waals surface area contributed by atoms with Crippen molar-refractivity contribution in [3.05, 3.63) is 47.3 Å². The van der Waals surface area contributed by atoms with Crippen molar-refractivity contribution in [3.8, 4) is 11.4 Å². The summed E-state index contributed by atoms with van der Waals surface area (Å²) in [7, 11) is 0. The van der Waals surface area contributed by atoms with E-state index in [0.29, 0.717) is 0 Å². The van der Waals surface area contributed by atoms with Crippen LogP contribution >= 0.6 is 0 Å². The zero-order valence-corrected chi connectivity index (χ0v) is 15.9. The van der Waals surface area contributed by atoms with Crippen molar-refractivity contribution in [1.29, 1.82) is 0 Å². The standard InChI is InChI=1S/C23H32N2/c1-3-5-6-7-8-9-19-10-13-20(14-11-19)23-24-17-21-16-18(4-2)12-15-22(21)25-23/h10-11,13-14,17-18H,3-9,12,15-16H2,1-2H3. The summed E-state index contributed by atoms with van der Waals surface area (Å²) >= 11 is 0. The average Bonchev–Trinajstić information content (AvgIpc) is 2.67. The van der Waals surface area contributed by atoms with E-state index in [2.05, 4.69) is 49.3 Å². The second kappa shape index (κ2) is 9.12. The van der Waals surface area contributed by atoms with Gasteiger partial charge in [0.25, 0.3) is 0 Å². The molecule has 0 saturated heterocycles. The molecule has 0 saturated carbocycles. The number of fused-ring (bicyclic) bond motifs is 1. The summed E-state index contributed by atoms with van der Waals surface area (Å²) in [4.78, 5) is 9.51. The van der Waals surface area contributed by atoms with Crippen LogP contribution in [0.25, 0.3) is 11.4 Å². The van der Waals surface area contributed by atoms with E-state index in [-0.39, 0.29) is 0 Å². The van der Waals surface area contributed by atoms with Gasteiger partial charge in [-0.25, -0.2) is 9.97 Å². The van der Waals surface area contributed by atoms with Gasteiger partial charge in [-0.2, -0.15) is 0 Å². The molecule has 134 valence electrons. The van der Waals surface area contributed by atoms with Gasteiger partial charge < -0.3 is 0 Å². The van der Waals surface area contributed by atoms with E-state index in [9.17, 15) is 0 Å². The summed E-state index contributed by atoms with van der Waals surface area (Å²) in [6.07, 6.45) is 14.8. The summed E-state index contributed by atoms with van der Waals surface area (Å²) < 4.78 is 0. The van der Waals surface area contributed by atoms with Crippen molar-refractivity contribution in [1.82, 2.24) is 9.97 Å². The van der Waals surface area contributed by atoms with Gasteiger partial charge in [-0.1, -0.05) is 70.2 Å². The van der Waals surface area contributed by atoms with Gasteiger partial charge in [-0.3, -0.25) is 0 Å². The van der Waals surface area contributed by atoms with Crippen molar-refractivity contribution in [2.24, 2.45) is 5.92 Å². The minimum absolute atomic E-state index is 0.818. The lowest BCUT2D eigenvalue weighted by atomic mass is 9.86. The molecule has 25 heavy (non-hydrogen) atoms. The van der Waals surface area contributed by atoms with Gasteiger partial charge in [-0.05, 0) is 49.1 Å². The Morgan fingerprint density at radius 1 is 1.00 bits per heavy atom. The first-order valence-electron chi connectivity index (χ1n) is 10.2.